The maximum atomic E-state index is 5.70. The predicted octanol–water partition coefficient (Wildman–Crippen LogP) is 2.98. The molecule has 2 N–H and O–H groups in total. The Morgan fingerprint density at radius 3 is 2.28 bits per heavy atom. The SMILES string of the molecule is CCc1ccc(NC(=S)N(CCC[NH+](C)C)Cc2ccccc2)cc1. The van der Waals surface area contributed by atoms with Crippen molar-refractivity contribution in [1.82, 2.24) is 4.90 Å². The molecule has 134 valence electrons. The van der Waals surface area contributed by atoms with Crippen molar-refractivity contribution in [1.29, 1.82) is 0 Å². The average Bonchev–Trinajstić information content (AvgIpc) is 2.62. The molecule has 2 rings (SSSR count). The third-order valence-corrected chi connectivity index (χ3v) is 4.58. The van der Waals surface area contributed by atoms with Crippen molar-refractivity contribution in [3.8, 4) is 0 Å². The summed E-state index contributed by atoms with van der Waals surface area (Å²) in [4.78, 5) is 3.73. The first kappa shape index (κ1) is 19.4. The summed E-state index contributed by atoms with van der Waals surface area (Å²) in [6.07, 6.45) is 2.17. The van der Waals surface area contributed by atoms with Gasteiger partial charge in [0, 0.05) is 25.2 Å². The van der Waals surface area contributed by atoms with E-state index in [0.29, 0.717) is 0 Å². The first-order valence-electron chi connectivity index (χ1n) is 9.06. The number of quaternary nitrogens is 1. The maximum Gasteiger partial charge on any atom is 0.173 e. The number of nitrogens with zero attached hydrogens (tertiary/aromatic N) is 1. The molecule has 4 heteroatoms. The van der Waals surface area contributed by atoms with E-state index in [1.807, 2.05) is 0 Å². The summed E-state index contributed by atoms with van der Waals surface area (Å²) in [5, 5.41) is 4.20. The highest BCUT2D eigenvalue weighted by molar-refractivity contribution is 7.80. The molecule has 0 fully saturated rings. The Hall–Kier alpha value is -1.91. The fourth-order valence-electron chi connectivity index (χ4n) is 2.71. The molecule has 0 spiro atoms. The number of thiocarbonyl (C=S) groups is 1. The van der Waals surface area contributed by atoms with Gasteiger partial charge in [0.05, 0.1) is 20.6 Å². The lowest BCUT2D eigenvalue weighted by atomic mass is 10.1. The Bertz CT molecular complexity index is 638. The largest absolute Gasteiger partial charge is 0.344 e. The molecule has 0 amide bonds. The molecule has 0 atom stereocenters. The molecule has 0 radical (unpaired) electrons. The van der Waals surface area contributed by atoms with E-state index in [9.17, 15) is 0 Å². The van der Waals surface area contributed by atoms with Crippen molar-refractivity contribution < 1.29 is 4.90 Å². The molecule has 0 unspecified atom stereocenters. The van der Waals surface area contributed by atoms with Gasteiger partial charge in [-0.2, -0.15) is 0 Å². The number of anilines is 1. The van der Waals surface area contributed by atoms with Crippen molar-refractivity contribution in [2.75, 3.05) is 32.5 Å². The zero-order valence-electron chi connectivity index (χ0n) is 15.6. The quantitative estimate of drug-likeness (QED) is 0.710. The van der Waals surface area contributed by atoms with Crippen molar-refractivity contribution >= 4 is 23.0 Å². The first-order chi connectivity index (χ1) is 12.1. The van der Waals surface area contributed by atoms with E-state index in [4.69, 9.17) is 12.2 Å². The third kappa shape index (κ3) is 6.85. The van der Waals surface area contributed by atoms with Crippen molar-refractivity contribution in [2.24, 2.45) is 0 Å². The standard InChI is InChI=1S/C21H29N3S/c1-4-18-11-13-20(14-12-18)22-21(25)24(16-8-15-23(2)3)17-19-9-6-5-7-10-19/h5-7,9-14H,4,8,15-17H2,1-3H3,(H,22,25)/p+1. The van der Waals surface area contributed by atoms with Gasteiger partial charge in [-0.3, -0.25) is 0 Å². The van der Waals surface area contributed by atoms with Gasteiger partial charge in [-0.1, -0.05) is 49.4 Å². The van der Waals surface area contributed by atoms with Gasteiger partial charge in [-0.05, 0) is 41.9 Å². The zero-order valence-corrected chi connectivity index (χ0v) is 16.4. The van der Waals surface area contributed by atoms with Gasteiger partial charge in [0.15, 0.2) is 5.11 Å². The van der Waals surface area contributed by atoms with E-state index in [1.165, 1.54) is 16.0 Å². The molecular weight excluding hydrogens is 326 g/mol. The average molecular weight is 357 g/mol. The molecule has 0 aliphatic carbocycles. The van der Waals surface area contributed by atoms with E-state index < -0.39 is 0 Å². The monoisotopic (exact) mass is 356 g/mol. The molecule has 0 heterocycles. The molecule has 0 aliphatic heterocycles. The topological polar surface area (TPSA) is 19.7 Å². The number of hydrogen-bond acceptors (Lipinski definition) is 1. The Morgan fingerprint density at radius 2 is 1.68 bits per heavy atom. The van der Waals surface area contributed by atoms with E-state index in [2.05, 4.69) is 85.8 Å². The van der Waals surface area contributed by atoms with Crippen LogP contribution in [0.4, 0.5) is 5.69 Å². The normalized spacial score (nSPS) is 10.7. The molecule has 25 heavy (non-hydrogen) atoms. The molecule has 0 saturated heterocycles. The van der Waals surface area contributed by atoms with Crippen LogP contribution in [0.1, 0.15) is 24.5 Å². The lowest BCUT2D eigenvalue weighted by Gasteiger charge is -2.26. The first-order valence-corrected chi connectivity index (χ1v) is 9.47. The maximum absolute atomic E-state index is 5.70. The van der Waals surface area contributed by atoms with Gasteiger partial charge < -0.3 is 15.1 Å². The summed E-state index contributed by atoms with van der Waals surface area (Å²) >= 11 is 5.70. The van der Waals surface area contributed by atoms with Crippen LogP contribution in [0, 0.1) is 0 Å². The number of aryl methyl sites for hydroxylation is 1. The summed E-state index contributed by atoms with van der Waals surface area (Å²) in [5.74, 6) is 0. The minimum absolute atomic E-state index is 0.793. The molecule has 2 aromatic carbocycles. The van der Waals surface area contributed by atoms with Gasteiger partial charge in [-0.15, -0.1) is 0 Å². The zero-order chi connectivity index (χ0) is 18.1. The summed E-state index contributed by atoms with van der Waals surface area (Å²) in [5.41, 5.74) is 3.68. The van der Waals surface area contributed by atoms with Crippen LogP contribution in [-0.4, -0.2) is 37.2 Å². The van der Waals surface area contributed by atoms with Gasteiger partial charge >= 0.3 is 0 Å². The Kier molecular flexibility index (Phi) is 7.89. The molecule has 0 aliphatic rings. The Labute approximate surface area is 157 Å². The number of nitrogens with one attached hydrogen (secondary N) is 2. The predicted molar refractivity (Wildman–Crippen MR) is 111 cm³/mol. The number of benzene rings is 2. The second-order valence-corrected chi connectivity index (χ2v) is 7.09. The van der Waals surface area contributed by atoms with Crippen LogP contribution in [0.3, 0.4) is 0 Å². The van der Waals surface area contributed by atoms with Crippen LogP contribution in [0.25, 0.3) is 0 Å². The van der Waals surface area contributed by atoms with E-state index >= 15 is 0 Å². The summed E-state index contributed by atoms with van der Waals surface area (Å²) in [6.45, 7) is 5.10. The lowest BCUT2D eigenvalue weighted by molar-refractivity contribution is -0.858. The minimum Gasteiger partial charge on any atom is -0.344 e. The molecule has 0 aromatic heterocycles. The molecule has 0 bridgehead atoms. The molecular formula is C21H30N3S+. The minimum atomic E-state index is 0.793. The van der Waals surface area contributed by atoms with Gasteiger partial charge in [0.1, 0.15) is 0 Å². The second kappa shape index (κ2) is 10.2. The fourth-order valence-corrected chi connectivity index (χ4v) is 2.98. The smallest absolute Gasteiger partial charge is 0.173 e. The van der Waals surface area contributed by atoms with E-state index in [1.54, 1.807) is 0 Å². The van der Waals surface area contributed by atoms with Crippen LogP contribution >= 0.6 is 12.2 Å². The summed E-state index contributed by atoms with van der Waals surface area (Å²) in [7, 11) is 4.38. The van der Waals surface area contributed by atoms with E-state index in [0.717, 1.165) is 43.3 Å². The number of rotatable bonds is 8. The van der Waals surface area contributed by atoms with Gasteiger partial charge in [0.25, 0.3) is 0 Å². The van der Waals surface area contributed by atoms with Gasteiger partial charge in [-0.25, -0.2) is 0 Å². The summed E-state index contributed by atoms with van der Waals surface area (Å²) in [6, 6.07) is 19.0. The fraction of sp³-hybridized carbons (Fsp3) is 0.381. The van der Waals surface area contributed by atoms with Crippen molar-refractivity contribution in [2.45, 2.75) is 26.3 Å². The van der Waals surface area contributed by atoms with Crippen LogP contribution in [0.15, 0.2) is 54.6 Å². The molecule has 2 aromatic rings. The lowest BCUT2D eigenvalue weighted by Crippen LogP contribution is -3.05. The van der Waals surface area contributed by atoms with Crippen LogP contribution in [-0.2, 0) is 13.0 Å². The van der Waals surface area contributed by atoms with Gasteiger partial charge in [0.2, 0.25) is 0 Å². The molecule has 0 saturated carbocycles. The molecule has 3 nitrogen and oxygen atoms in total. The third-order valence-electron chi connectivity index (χ3n) is 4.22. The highest BCUT2D eigenvalue weighted by Gasteiger charge is 2.11. The highest BCUT2D eigenvalue weighted by atomic mass is 32.1. The highest BCUT2D eigenvalue weighted by Crippen LogP contribution is 2.13. The Morgan fingerprint density at radius 1 is 1.00 bits per heavy atom. The van der Waals surface area contributed by atoms with Crippen molar-refractivity contribution in [3.63, 3.8) is 0 Å². The second-order valence-electron chi connectivity index (χ2n) is 6.70. The Balaban J connectivity index is 2.02. The summed E-state index contributed by atoms with van der Waals surface area (Å²) < 4.78 is 0. The number of hydrogen-bond donors (Lipinski definition) is 2. The van der Waals surface area contributed by atoms with E-state index in [-0.39, 0.29) is 0 Å². The van der Waals surface area contributed by atoms with Crippen LogP contribution in [0.5, 0.6) is 0 Å². The van der Waals surface area contributed by atoms with Crippen LogP contribution < -0.4 is 10.2 Å². The van der Waals surface area contributed by atoms with Crippen LogP contribution in [0.2, 0.25) is 0 Å². The van der Waals surface area contributed by atoms with Crippen molar-refractivity contribution in [3.05, 3.63) is 65.7 Å².